The van der Waals surface area contributed by atoms with Crippen molar-refractivity contribution in [1.29, 1.82) is 10.7 Å². The molecule has 1 aromatic heterocycles. The molecule has 0 saturated carbocycles. The second-order valence-electron chi connectivity index (χ2n) is 5.45. The van der Waals surface area contributed by atoms with Crippen LogP contribution in [0, 0.1) is 16.7 Å². The molecule has 2 N–H and O–H groups in total. The number of hydrogen-bond acceptors (Lipinski definition) is 4. The van der Waals surface area contributed by atoms with Gasteiger partial charge in [0, 0.05) is 0 Å². The zero-order valence-electron chi connectivity index (χ0n) is 11.9. The maximum absolute atomic E-state index is 10.1. The molecule has 0 aromatic carbocycles. The number of aryl methyl sites for hydroxylation is 1. The van der Waals surface area contributed by atoms with Crippen LogP contribution in [0.4, 0.5) is 0 Å². The minimum absolute atomic E-state index is 0.0124. The molecule has 5 heteroatoms. The molecule has 108 valence electrons. The molecule has 2 rings (SSSR count). The molecule has 1 heterocycles. The molecular formula is C15H22N4O. The fraction of sp³-hybridized carbons (Fsp3) is 0.667. The molecule has 20 heavy (non-hydrogen) atoms. The van der Waals surface area contributed by atoms with Crippen LogP contribution in [0.2, 0.25) is 0 Å². The molecule has 0 atom stereocenters. The van der Waals surface area contributed by atoms with Gasteiger partial charge in [0.25, 0.3) is 0 Å². The summed E-state index contributed by atoms with van der Waals surface area (Å²) >= 11 is 0. The van der Waals surface area contributed by atoms with Gasteiger partial charge < -0.3 is 5.21 Å². The normalized spacial score (nSPS) is 17.4. The predicted molar refractivity (Wildman–Crippen MR) is 74.3 cm³/mol. The second kappa shape index (κ2) is 7.09. The predicted octanol–water partition coefficient (Wildman–Crippen LogP) is 2.69. The first-order chi connectivity index (χ1) is 9.74. The van der Waals surface area contributed by atoms with Gasteiger partial charge in [0.1, 0.15) is 6.07 Å². The molecule has 1 aromatic rings. The molecule has 0 aliphatic heterocycles. The summed E-state index contributed by atoms with van der Waals surface area (Å²) in [7, 11) is 0. The molecular weight excluding hydrogens is 252 g/mol. The van der Waals surface area contributed by atoms with Crippen LogP contribution in [0.3, 0.4) is 0 Å². The summed E-state index contributed by atoms with van der Waals surface area (Å²) in [6.45, 7) is 0. The van der Waals surface area contributed by atoms with E-state index in [0.717, 1.165) is 54.6 Å². The Kier molecular flexibility index (Phi) is 5.16. The first kappa shape index (κ1) is 14.6. The Morgan fingerprint density at radius 3 is 2.15 bits per heavy atom. The number of hydrogen-bond donors (Lipinski definition) is 2. The van der Waals surface area contributed by atoms with Crippen molar-refractivity contribution in [3.63, 3.8) is 0 Å². The lowest BCUT2D eigenvalue weighted by molar-refractivity contribution is 0.157. The van der Waals surface area contributed by atoms with E-state index in [1.165, 1.54) is 25.7 Å². The van der Waals surface area contributed by atoms with E-state index in [2.05, 4.69) is 4.98 Å². The van der Waals surface area contributed by atoms with E-state index in [-0.39, 0.29) is 11.2 Å². The summed E-state index contributed by atoms with van der Waals surface area (Å²) in [6, 6.07) is 1.89. The van der Waals surface area contributed by atoms with Gasteiger partial charge in [-0.25, -0.2) is 4.98 Å². The molecule has 5 nitrogen and oxygen atoms in total. The molecule has 1 aliphatic carbocycles. The van der Waals surface area contributed by atoms with Crippen LogP contribution in [0.1, 0.15) is 68.4 Å². The van der Waals surface area contributed by atoms with Crippen LogP contribution < -0.4 is 5.49 Å². The molecule has 0 amide bonds. The van der Waals surface area contributed by atoms with Crippen molar-refractivity contribution in [2.75, 3.05) is 0 Å². The monoisotopic (exact) mass is 274 g/mol. The fourth-order valence-corrected chi connectivity index (χ4v) is 2.78. The molecule has 0 fully saturated rings. The average molecular weight is 274 g/mol. The van der Waals surface area contributed by atoms with Crippen molar-refractivity contribution in [3.05, 3.63) is 22.6 Å². The third kappa shape index (κ3) is 3.38. The van der Waals surface area contributed by atoms with Gasteiger partial charge in [0.05, 0.1) is 11.4 Å². The Hall–Kier alpha value is -1.83. The fourth-order valence-electron chi connectivity index (χ4n) is 2.78. The zero-order chi connectivity index (χ0) is 14.4. The lowest BCUT2D eigenvalue weighted by Crippen LogP contribution is -2.28. The smallest absolute Gasteiger partial charge is 0.197 e. The first-order valence-electron chi connectivity index (χ1n) is 7.53. The van der Waals surface area contributed by atoms with E-state index in [0.29, 0.717) is 0 Å². The van der Waals surface area contributed by atoms with Crippen LogP contribution >= 0.6 is 0 Å². The summed E-state index contributed by atoms with van der Waals surface area (Å²) < 4.78 is 0.868. The Bertz CT molecular complexity index is 556. The van der Waals surface area contributed by atoms with Crippen molar-refractivity contribution >= 4 is 0 Å². The third-order valence-electron chi connectivity index (χ3n) is 3.95. The van der Waals surface area contributed by atoms with E-state index in [1.54, 1.807) is 0 Å². The Morgan fingerprint density at radius 1 is 1.00 bits per heavy atom. The highest BCUT2D eigenvalue weighted by Gasteiger charge is 2.14. The highest BCUT2D eigenvalue weighted by molar-refractivity contribution is 5.22. The van der Waals surface area contributed by atoms with Gasteiger partial charge in [0.15, 0.2) is 11.2 Å². The molecule has 0 bridgehead atoms. The van der Waals surface area contributed by atoms with Crippen LogP contribution in [-0.2, 0) is 12.8 Å². The van der Waals surface area contributed by atoms with E-state index < -0.39 is 0 Å². The average Bonchev–Trinajstić information content (AvgIpc) is 2.44. The zero-order valence-corrected chi connectivity index (χ0v) is 11.9. The van der Waals surface area contributed by atoms with Gasteiger partial charge in [0.2, 0.25) is 0 Å². The Morgan fingerprint density at radius 2 is 1.55 bits per heavy atom. The Balaban J connectivity index is 2.31. The van der Waals surface area contributed by atoms with E-state index >= 15 is 0 Å². The van der Waals surface area contributed by atoms with Crippen LogP contribution in [0.5, 0.6) is 0 Å². The quantitative estimate of drug-likeness (QED) is 0.713. The van der Waals surface area contributed by atoms with Gasteiger partial charge >= 0.3 is 0 Å². The topological polar surface area (TPSA) is 85.7 Å². The first-order valence-corrected chi connectivity index (χ1v) is 7.53. The second-order valence-corrected chi connectivity index (χ2v) is 5.45. The molecule has 0 radical (unpaired) electrons. The van der Waals surface area contributed by atoms with E-state index in [9.17, 15) is 5.21 Å². The van der Waals surface area contributed by atoms with Gasteiger partial charge in [-0.1, -0.05) is 38.5 Å². The lowest BCUT2D eigenvalue weighted by Gasteiger charge is -2.14. The maximum atomic E-state index is 10.1. The molecule has 0 spiro atoms. The summed E-state index contributed by atoms with van der Waals surface area (Å²) in [6.07, 6.45) is 10.9. The summed E-state index contributed by atoms with van der Waals surface area (Å²) in [5.41, 5.74) is 1.33. The Labute approximate surface area is 119 Å². The SMILES string of the molecule is N#Cc1nc2c(n(O)c1=N)CCCCCCCCCC2. The van der Waals surface area contributed by atoms with Crippen molar-refractivity contribution in [3.8, 4) is 6.07 Å². The van der Waals surface area contributed by atoms with Gasteiger partial charge in [-0.15, -0.1) is 0 Å². The largest absolute Gasteiger partial charge is 0.427 e. The van der Waals surface area contributed by atoms with Crippen molar-refractivity contribution in [2.24, 2.45) is 0 Å². The molecule has 0 saturated heterocycles. The van der Waals surface area contributed by atoms with E-state index in [1.807, 2.05) is 6.07 Å². The number of nitrogens with one attached hydrogen (secondary N) is 1. The number of rotatable bonds is 0. The summed E-state index contributed by atoms with van der Waals surface area (Å²) in [5, 5.41) is 26.9. The number of nitriles is 1. The third-order valence-corrected chi connectivity index (χ3v) is 3.95. The maximum Gasteiger partial charge on any atom is 0.197 e. The van der Waals surface area contributed by atoms with Gasteiger partial charge in [-0.05, 0) is 25.7 Å². The van der Waals surface area contributed by atoms with Crippen LogP contribution in [0.15, 0.2) is 0 Å². The molecule has 1 aliphatic rings. The van der Waals surface area contributed by atoms with Crippen molar-refractivity contribution in [1.82, 2.24) is 9.71 Å². The standard InChI is InChI=1S/C15H22N4O/c16-11-13-15(17)19(20)14-10-8-6-4-2-1-3-5-7-9-12(14)18-13/h17,20H,1-10H2. The number of aromatic nitrogens is 2. The summed E-state index contributed by atoms with van der Waals surface area (Å²) in [5.74, 6) is 0. The number of fused-ring (bicyclic) bond motifs is 1. The van der Waals surface area contributed by atoms with Crippen molar-refractivity contribution in [2.45, 2.75) is 64.2 Å². The number of nitrogens with zero attached hydrogens (tertiary/aromatic N) is 3. The van der Waals surface area contributed by atoms with Gasteiger partial charge in [-0.3, -0.25) is 5.41 Å². The van der Waals surface area contributed by atoms with Crippen molar-refractivity contribution < 1.29 is 5.21 Å². The van der Waals surface area contributed by atoms with Gasteiger partial charge in [-0.2, -0.15) is 9.99 Å². The minimum Gasteiger partial charge on any atom is -0.427 e. The summed E-state index contributed by atoms with van der Waals surface area (Å²) in [4.78, 5) is 4.29. The van der Waals surface area contributed by atoms with E-state index in [4.69, 9.17) is 10.7 Å². The van der Waals surface area contributed by atoms with Crippen LogP contribution in [0.25, 0.3) is 0 Å². The highest BCUT2D eigenvalue weighted by atomic mass is 16.5. The highest BCUT2D eigenvalue weighted by Crippen LogP contribution is 2.17. The van der Waals surface area contributed by atoms with Crippen LogP contribution in [-0.4, -0.2) is 14.9 Å². The molecule has 0 unspecified atom stereocenters. The minimum atomic E-state index is -0.196. The lowest BCUT2D eigenvalue weighted by atomic mass is 10.0.